The number of hydrogen-bond acceptors (Lipinski definition) is 6. The molecule has 1 fully saturated rings. The average Bonchev–Trinajstić information content (AvgIpc) is 2.73. The van der Waals surface area contributed by atoms with Gasteiger partial charge >= 0.3 is 6.09 Å². The van der Waals surface area contributed by atoms with Gasteiger partial charge in [-0.2, -0.15) is 0 Å². The fourth-order valence-corrected chi connectivity index (χ4v) is 3.01. The van der Waals surface area contributed by atoms with Crippen LogP contribution < -0.4 is 5.32 Å². The zero-order chi connectivity index (χ0) is 19.9. The molecule has 8 heteroatoms. The number of ether oxygens (including phenoxy) is 1. The molecule has 148 valence electrons. The molecule has 1 aromatic carbocycles. The van der Waals surface area contributed by atoms with E-state index < -0.39 is 0 Å². The van der Waals surface area contributed by atoms with E-state index >= 15 is 0 Å². The Balaban J connectivity index is 1.58. The number of carbonyl (C=O) groups is 2. The van der Waals surface area contributed by atoms with Crippen LogP contribution in [-0.2, 0) is 11.3 Å². The first-order valence-electron chi connectivity index (χ1n) is 9.41. The molecule has 0 radical (unpaired) electrons. The zero-order valence-corrected chi connectivity index (χ0v) is 16.2. The largest absolute Gasteiger partial charge is 0.450 e. The van der Waals surface area contributed by atoms with E-state index in [1.165, 1.54) is 5.56 Å². The first-order valence-corrected chi connectivity index (χ1v) is 9.41. The maximum Gasteiger partial charge on any atom is 0.409 e. The molecule has 1 saturated heterocycles. The molecule has 0 spiro atoms. The van der Waals surface area contributed by atoms with Gasteiger partial charge in [0.05, 0.1) is 6.61 Å². The van der Waals surface area contributed by atoms with Crippen LogP contribution in [0.3, 0.4) is 0 Å². The van der Waals surface area contributed by atoms with E-state index in [-0.39, 0.29) is 12.0 Å². The van der Waals surface area contributed by atoms with Crippen molar-refractivity contribution in [3.8, 4) is 0 Å². The molecular formula is C20H25N5O3. The van der Waals surface area contributed by atoms with E-state index in [0.29, 0.717) is 51.0 Å². The van der Waals surface area contributed by atoms with Crippen LogP contribution in [0.4, 0.5) is 10.7 Å². The minimum atomic E-state index is -0.334. The summed E-state index contributed by atoms with van der Waals surface area (Å²) in [6.45, 7) is 6.56. The van der Waals surface area contributed by atoms with E-state index in [1.807, 2.05) is 31.2 Å². The average molecular weight is 383 g/mol. The van der Waals surface area contributed by atoms with Crippen molar-refractivity contribution in [3.05, 3.63) is 53.3 Å². The summed E-state index contributed by atoms with van der Waals surface area (Å²) < 4.78 is 5.00. The standard InChI is InChI=1S/C20H25N5O3/c1-3-28-20(27)25-12-10-24(11-13-25)18(26)17-8-9-21-19(23-17)22-14-16-7-5-4-6-15(16)2/h4-9H,3,10-14H2,1-2H3,(H,21,22,23). The molecule has 1 aliphatic rings. The molecule has 1 aromatic heterocycles. The van der Waals surface area contributed by atoms with Gasteiger partial charge < -0.3 is 19.9 Å². The van der Waals surface area contributed by atoms with E-state index in [2.05, 4.69) is 15.3 Å². The Bertz CT molecular complexity index is 834. The van der Waals surface area contributed by atoms with Crippen molar-refractivity contribution < 1.29 is 14.3 Å². The number of aromatic nitrogens is 2. The third-order valence-corrected chi connectivity index (χ3v) is 4.67. The second kappa shape index (κ2) is 9.16. The molecule has 1 N–H and O–H groups in total. The number of anilines is 1. The Morgan fingerprint density at radius 1 is 1.11 bits per heavy atom. The highest BCUT2D eigenvalue weighted by Gasteiger charge is 2.26. The first-order chi connectivity index (χ1) is 13.6. The monoisotopic (exact) mass is 383 g/mol. The van der Waals surface area contributed by atoms with Gasteiger partial charge in [-0.3, -0.25) is 4.79 Å². The number of aryl methyl sites for hydroxylation is 1. The molecule has 2 aromatic rings. The van der Waals surface area contributed by atoms with Crippen LogP contribution in [0.15, 0.2) is 36.5 Å². The molecular weight excluding hydrogens is 358 g/mol. The molecule has 1 aliphatic heterocycles. The highest BCUT2D eigenvalue weighted by molar-refractivity contribution is 5.92. The van der Waals surface area contributed by atoms with Gasteiger partial charge in [0.25, 0.3) is 5.91 Å². The summed E-state index contributed by atoms with van der Waals surface area (Å²) in [4.78, 5) is 36.4. The maximum atomic E-state index is 12.8. The number of nitrogens with zero attached hydrogens (tertiary/aromatic N) is 4. The van der Waals surface area contributed by atoms with Crippen LogP contribution in [0, 0.1) is 6.92 Å². The Kier molecular flexibility index (Phi) is 6.41. The molecule has 0 atom stereocenters. The highest BCUT2D eigenvalue weighted by atomic mass is 16.6. The highest BCUT2D eigenvalue weighted by Crippen LogP contribution is 2.12. The number of carbonyl (C=O) groups excluding carboxylic acids is 2. The molecule has 8 nitrogen and oxygen atoms in total. The van der Waals surface area contributed by atoms with Gasteiger partial charge in [0.2, 0.25) is 5.95 Å². The summed E-state index contributed by atoms with van der Waals surface area (Å²) in [7, 11) is 0. The lowest BCUT2D eigenvalue weighted by atomic mass is 10.1. The van der Waals surface area contributed by atoms with Crippen LogP contribution in [0.2, 0.25) is 0 Å². The summed E-state index contributed by atoms with van der Waals surface area (Å²) in [6.07, 6.45) is 1.24. The maximum absolute atomic E-state index is 12.8. The number of piperazine rings is 1. The quantitative estimate of drug-likeness (QED) is 0.853. The topological polar surface area (TPSA) is 87.7 Å². The summed E-state index contributed by atoms with van der Waals surface area (Å²) >= 11 is 0. The Morgan fingerprint density at radius 3 is 2.54 bits per heavy atom. The van der Waals surface area contributed by atoms with Crippen molar-refractivity contribution in [2.45, 2.75) is 20.4 Å². The van der Waals surface area contributed by atoms with Crippen molar-refractivity contribution in [3.63, 3.8) is 0 Å². The normalized spacial score (nSPS) is 13.9. The van der Waals surface area contributed by atoms with E-state index in [1.54, 1.807) is 29.0 Å². The summed E-state index contributed by atoms with van der Waals surface area (Å²) in [5, 5.41) is 3.17. The SMILES string of the molecule is CCOC(=O)N1CCN(C(=O)c2ccnc(NCc3ccccc3C)n2)CC1. The molecule has 2 heterocycles. The molecule has 28 heavy (non-hydrogen) atoms. The van der Waals surface area contributed by atoms with Gasteiger partial charge in [0.1, 0.15) is 5.69 Å². The van der Waals surface area contributed by atoms with Crippen LogP contribution in [-0.4, -0.2) is 64.6 Å². The van der Waals surface area contributed by atoms with Crippen LogP contribution >= 0.6 is 0 Å². The number of rotatable bonds is 5. The number of nitrogens with one attached hydrogen (secondary N) is 1. The molecule has 3 rings (SSSR count). The van der Waals surface area contributed by atoms with Crippen molar-refractivity contribution in [2.24, 2.45) is 0 Å². The van der Waals surface area contributed by atoms with E-state index in [9.17, 15) is 9.59 Å². The van der Waals surface area contributed by atoms with Crippen molar-refractivity contribution in [2.75, 3.05) is 38.1 Å². The number of hydrogen-bond donors (Lipinski definition) is 1. The Hall–Kier alpha value is -3.16. The molecule has 0 saturated carbocycles. The van der Waals surface area contributed by atoms with Gasteiger partial charge in [0, 0.05) is 38.9 Å². The molecule has 0 aliphatic carbocycles. The minimum absolute atomic E-state index is 0.162. The predicted molar refractivity (Wildman–Crippen MR) is 105 cm³/mol. The van der Waals surface area contributed by atoms with Crippen molar-refractivity contribution >= 4 is 17.9 Å². The molecule has 2 amide bonds. The van der Waals surface area contributed by atoms with Gasteiger partial charge in [-0.1, -0.05) is 24.3 Å². The second-order valence-corrected chi connectivity index (χ2v) is 6.52. The lowest BCUT2D eigenvalue weighted by Crippen LogP contribution is -2.50. The lowest BCUT2D eigenvalue weighted by Gasteiger charge is -2.33. The third kappa shape index (κ3) is 4.76. The molecule has 0 unspecified atom stereocenters. The van der Waals surface area contributed by atoms with Crippen LogP contribution in [0.5, 0.6) is 0 Å². The van der Waals surface area contributed by atoms with E-state index in [4.69, 9.17) is 4.74 Å². The Morgan fingerprint density at radius 2 is 1.82 bits per heavy atom. The fraction of sp³-hybridized carbons (Fsp3) is 0.400. The zero-order valence-electron chi connectivity index (χ0n) is 16.2. The fourth-order valence-electron chi connectivity index (χ4n) is 3.01. The van der Waals surface area contributed by atoms with Crippen LogP contribution in [0.1, 0.15) is 28.5 Å². The van der Waals surface area contributed by atoms with Crippen LogP contribution in [0.25, 0.3) is 0 Å². The minimum Gasteiger partial charge on any atom is -0.450 e. The second-order valence-electron chi connectivity index (χ2n) is 6.52. The summed E-state index contributed by atoms with van der Waals surface area (Å²) in [5.41, 5.74) is 2.67. The lowest BCUT2D eigenvalue weighted by molar-refractivity contribution is 0.0566. The van der Waals surface area contributed by atoms with E-state index in [0.717, 1.165) is 5.56 Å². The summed E-state index contributed by atoms with van der Waals surface area (Å²) in [5.74, 6) is 0.254. The molecule has 0 bridgehead atoms. The number of amides is 2. The predicted octanol–water partition coefficient (Wildman–Crippen LogP) is 2.31. The first kappa shape index (κ1) is 19.6. The van der Waals surface area contributed by atoms with Gasteiger partial charge in [-0.15, -0.1) is 0 Å². The Labute approximate surface area is 164 Å². The van der Waals surface area contributed by atoms with Gasteiger partial charge in [0.15, 0.2) is 0 Å². The summed E-state index contributed by atoms with van der Waals surface area (Å²) in [6, 6.07) is 9.68. The van der Waals surface area contributed by atoms with Gasteiger partial charge in [-0.25, -0.2) is 14.8 Å². The van der Waals surface area contributed by atoms with Crippen molar-refractivity contribution in [1.82, 2.24) is 19.8 Å². The smallest absolute Gasteiger partial charge is 0.409 e. The third-order valence-electron chi connectivity index (χ3n) is 4.67. The van der Waals surface area contributed by atoms with Gasteiger partial charge in [-0.05, 0) is 31.0 Å². The van der Waals surface area contributed by atoms with Crippen molar-refractivity contribution in [1.29, 1.82) is 0 Å². The number of benzene rings is 1.